The molecule has 0 saturated carbocycles. The molecule has 3 rings (SSSR count). The van der Waals surface area contributed by atoms with Gasteiger partial charge in [0.25, 0.3) is 0 Å². The van der Waals surface area contributed by atoms with Crippen LogP contribution in [0.1, 0.15) is 24.7 Å². The van der Waals surface area contributed by atoms with Gasteiger partial charge < -0.3 is 10.5 Å². The summed E-state index contributed by atoms with van der Waals surface area (Å²) in [5.41, 5.74) is 7.24. The molecule has 112 valence electrons. The monoisotopic (exact) mass is 286 g/mol. The van der Waals surface area contributed by atoms with Crippen molar-refractivity contribution in [1.29, 1.82) is 0 Å². The fourth-order valence-electron chi connectivity index (χ4n) is 2.95. The standard InChI is InChI=1S/C16H22N4O/c1-2-7-20-15(18-12-19-20)9-16(10-17)8-13-5-3-4-6-14(13)21-11-16/h3-6,12H,2,7-11,17H2,1H3. The zero-order valence-electron chi connectivity index (χ0n) is 12.5. The molecule has 0 fully saturated rings. The Morgan fingerprint density at radius 1 is 1.38 bits per heavy atom. The van der Waals surface area contributed by atoms with Crippen molar-refractivity contribution < 1.29 is 4.74 Å². The molecule has 1 aromatic heterocycles. The Morgan fingerprint density at radius 3 is 3.05 bits per heavy atom. The minimum Gasteiger partial charge on any atom is -0.493 e. The molecule has 0 amide bonds. The van der Waals surface area contributed by atoms with Crippen molar-refractivity contribution in [2.45, 2.75) is 32.7 Å². The quantitative estimate of drug-likeness (QED) is 0.910. The topological polar surface area (TPSA) is 66.0 Å². The normalized spacial score (nSPS) is 20.9. The van der Waals surface area contributed by atoms with Gasteiger partial charge in [0.1, 0.15) is 17.9 Å². The van der Waals surface area contributed by atoms with E-state index in [1.54, 1.807) is 6.33 Å². The van der Waals surface area contributed by atoms with E-state index in [-0.39, 0.29) is 5.41 Å². The van der Waals surface area contributed by atoms with E-state index in [1.165, 1.54) is 5.56 Å². The predicted octanol–water partition coefficient (Wildman–Crippen LogP) is 1.81. The average molecular weight is 286 g/mol. The first-order valence-corrected chi connectivity index (χ1v) is 7.54. The van der Waals surface area contributed by atoms with E-state index in [0.29, 0.717) is 13.2 Å². The van der Waals surface area contributed by atoms with Crippen LogP contribution in [0.3, 0.4) is 0 Å². The number of nitrogens with two attached hydrogens (primary N) is 1. The van der Waals surface area contributed by atoms with Gasteiger partial charge in [0.2, 0.25) is 0 Å². The van der Waals surface area contributed by atoms with E-state index in [9.17, 15) is 0 Å². The minimum absolute atomic E-state index is 0.0904. The maximum atomic E-state index is 6.10. The highest BCUT2D eigenvalue weighted by Gasteiger charge is 2.36. The number of ether oxygens (including phenoxy) is 1. The Labute approximate surface area is 125 Å². The molecule has 2 heterocycles. The molecule has 0 saturated heterocycles. The van der Waals surface area contributed by atoms with E-state index >= 15 is 0 Å². The molecule has 0 radical (unpaired) electrons. The maximum Gasteiger partial charge on any atom is 0.138 e. The van der Waals surface area contributed by atoms with Crippen molar-refractivity contribution in [3.05, 3.63) is 42.0 Å². The highest BCUT2D eigenvalue weighted by molar-refractivity contribution is 5.36. The fraction of sp³-hybridized carbons (Fsp3) is 0.500. The smallest absolute Gasteiger partial charge is 0.138 e. The molecule has 0 bridgehead atoms. The third-order valence-corrected chi connectivity index (χ3v) is 4.17. The first-order chi connectivity index (χ1) is 10.3. The van der Waals surface area contributed by atoms with E-state index in [1.807, 2.05) is 22.9 Å². The van der Waals surface area contributed by atoms with Gasteiger partial charge in [0.05, 0.1) is 6.61 Å². The van der Waals surface area contributed by atoms with Gasteiger partial charge in [0, 0.05) is 24.9 Å². The van der Waals surface area contributed by atoms with Crippen LogP contribution in [0.15, 0.2) is 30.6 Å². The molecule has 2 N–H and O–H groups in total. The largest absolute Gasteiger partial charge is 0.493 e. The summed E-state index contributed by atoms with van der Waals surface area (Å²) in [6.07, 6.45) is 4.41. The lowest BCUT2D eigenvalue weighted by molar-refractivity contribution is 0.123. The fourth-order valence-corrected chi connectivity index (χ4v) is 2.95. The van der Waals surface area contributed by atoms with Crippen molar-refractivity contribution in [3.8, 4) is 5.75 Å². The summed E-state index contributed by atoms with van der Waals surface area (Å²) in [5, 5.41) is 4.31. The Bertz CT molecular complexity index is 610. The number of rotatable bonds is 5. The van der Waals surface area contributed by atoms with Gasteiger partial charge in [0.15, 0.2) is 0 Å². The summed E-state index contributed by atoms with van der Waals surface area (Å²) >= 11 is 0. The predicted molar refractivity (Wildman–Crippen MR) is 81.1 cm³/mol. The lowest BCUT2D eigenvalue weighted by Crippen LogP contribution is -2.43. The van der Waals surface area contributed by atoms with Gasteiger partial charge in [-0.3, -0.25) is 4.68 Å². The first kappa shape index (κ1) is 14.1. The molecule has 1 aromatic carbocycles. The van der Waals surface area contributed by atoms with Gasteiger partial charge in [-0.2, -0.15) is 5.10 Å². The lowest BCUT2D eigenvalue weighted by atomic mass is 9.77. The minimum atomic E-state index is -0.0904. The van der Waals surface area contributed by atoms with Crippen molar-refractivity contribution in [3.63, 3.8) is 0 Å². The number of hydrogen-bond acceptors (Lipinski definition) is 4. The Balaban J connectivity index is 1.83. The molecule has 21 heavy (non-hydrogen) atoms. The lowest BCUT2D eigenvalue weighted by Gasteiger charge is -2.36. The first-order valence-electron chi connectivity index (χ1n) is 7.54. The third-order valence-electron chi connectivity index (χ3n) is 4.17. The highest BCUT2D eigenvalue weighted by Crippen LogP contribution is 2.35. The summed E-state index contributed by atoms with van der Waals surface area (Å²) in [7, 11) is 0. The molecule has 0 aliphatic carbocycles. The summed E-state index contributed by atoms with van der Waals surface area (Å²) in [5.74, 6) is 1.99. The van der Waals surface area contributed by atoms with Crippen LogP contribution in [-0.4, -0.2) is 27.9 Å². The van der Waals surface area contributed by atoms with Crippen LogP contribution in [-0.2, 0) is 19.4 Å². The van der Waals surface area contributed by atoms with E-state index in [4.69, 9.17) is 10.5 Å². The van der Waals surface area contributed by atoms with Gasteiger partial charge in [-0.1, -0.05) is 25.1 Å². The van der Waals surface area contributed by atoms with Gasteiger partial charge >= 0.3 is 0 Å². The summed E-state index contributed by atoms with van der Waals surface area (Å²) in [6.45, 7) is 4.26. The van der Waals surface area contributed by atoms with E-state index in [0.717, 1.165) is 37.4 Å². The molecule has 2 aromatic rings. The van der Waals surface area contributed by atoms with Crippen molar-refractivity contribution in [2.75, 3.05) is 13.2 Å². The number of para-hydroxylation sites is 1. The zero-order chi connectivity index (χ0) is 14.7. The second-order valence-electron chi connectivity index (χ2n) is 5.85. The number of aryl methyl sites for hydroxylation is 1. The number of benzene rings is 1. The van der Waals surface area contributed by atoms with Crippen LogP contribution in [0.5, 0.6) is 5.75 Å². The van der Waals surface area contributed by atoms with Crippen LogP contribution < -0.4 is 10.5 Å². The summed E-state index contributed by atoms with van der Waals surface area (Å²) < 4.78 is 7.93. The molecule has 1 unspecified atom stereocenters. The van der Waals surface area contributed by atoms with Crippen LogP contribution in [0.4, 0.5) is 0 Å². The Morgan fingerprint density at radius 2 is 2.24 bits per heavy atom. The molecule has 1 aliphatic rings. The van der Waals surface area contributed by atoms with E-state index < -0.39 is 0 Å². The SMILES string of the molecule is CCCn1ncnc1CC1(CN)COc2ccccc2C1. The second kappa shape index (κ2) is 5.85. The molecule has 5 heteroatoms. The number of aromatic nitrogens is 3. The summed E-state index contributed by atoms with van der Waals surface area (Å²) in [4.78, 5) is 4.42. The number of fused-ring (bicyclic) bond motifs is 1. The number of hydrogen-bond donors (Lipinski definition) is 1. The zero-order valence-corrected chi connectivity index (χ0v) is 12.5. The van der Waals surface area contributed by atoms with Gasteiger partial charge in [-0.05, 0) is 24.5 Å². The molecule has 1 atom stereocenters. The maximum absolute atomic E-state index is 6.10. The Kier molecular flexibility index (Phi) is 3.92. The van der Waals surface area contributed by atoms with Gasteiger partial charge in [-0.15, -0.1) is 0 Å². The highest BCUT2D eigenvalue weighted by atomic mass is 16.5. The second-order valence-corrected chi connectivity index (χ2v) is 5.85. The van der Waals surface area contributed by atoms with Crippen molar-refractivity contribution in [2.24, 2.45) is 11.1 Å². The molecular weight excluding hydrogens is 264 g/mol. The Hall–Kier alpha value is -1.88. The molecule has 0 spiro atoms. The number of nitrogens with zero attached hydrogens (tertiary/aromatic N) is 3. The summed E-state index contributed by atoms with van der Waals surface area (Å²) in [6, 6.07) is 8.20. The van der Waals surface area contributed by atoms with Crippen LogP contribution in [0.2, 0.25) is 0 Å². The van der Waals surface area contributed by atoms with Crippen molar-refractivity contribution >= 4 is 0 Å². The molecule has 5 nitrogen and oxygen atoms in total. The van der Waals surface area contributed by atoms with Crippen LogP contribution in [0, 0.1) is 5.41 Å². The van der Waals surface area contributed by atoms with Crippen LogP contribution in [0.25, 0.3) is 0 Å². The third kappa shape index (κ3) is 2.78. The average Bonchev–Trinajstić information content (AvgIpc) is 2.94. The van der Waals surface area contributed by atoms with E-state index in [2.05, 4.69) is 23.1 Å². The molecular formula is C16H22N4O. The van der Waals surface area contributed by atoms with Crippen LogP contribution >= 0.6 is 0 Å². The van der Waals surface area contributed by atoms with Crippen molar-refractivity contribution in [1.82, 2.24) is 14.8 Å². The van der Waals surface area contributed by atoms with Gasteiger partial charge in [-0.25, -0.2) is 4.98 Å². The molecule has 1 aliphatic heterocycles.